The van der Waals surface area contributed by atoms with E-state index in [0.717, 1.165) is 41.0 Å². The van der Waals surface area contributed by atoms with Crippen LogP contribution in [0.5, 0.6) is 0 Å². The highest BCUT2D eigenvalue weighted by Crippen LogP contribution is 2.14. The first kappa shape index (κ1) is 16.2. The van der Waals surface area contributed by atoms with Gasteiger partial charge in [0, 0.05) is 29.4 Å². The molecule has 2 rings (SSSR count). The number of thioether (sulfide) groups is 1. The Balaban J connectivity index is 1.62. The lowest BCUT2D eigenvalue weighted by Crippen LogP contribution is -2.35. The molecule has 1 aromatic rings. The van der Waals surface area contributed by atoms with Gasteiger partial charge < -0.3 is 15.1 Å². The molecule has 0 aliphatic heterocycles. The van der Waals surface area contributed by atoms with E-state index in [2.05, 4.69) is 10.6 Å². The Hall–Kier alpha value is -1.17. The first-order chi connectivity index (χ1) is 10.2. The van der Waals surface area contributed by atoms with E-state index in [1.807, 2.05) is 36.4 Å². The van der Waals surface area contributed by atoms with Crippen LogP contribution < -0.4 is 10.6 Å². The van der Waals surface area contributed by atoms with E-state index < -0.39 is 0 Å². The summed E-state index contributed by atoms with van der Waals surface area (Å²) >= 11 is 13.1. The normalized spacial score (nSPS) is 14.1. The van der Waals surface area contributed by atoms with Crippen molar-refractivity contribution in [3.63, 3.8) is 0 Å². The first-order valence-electron chi connectivity index (χ1n) is 6.62. The third-order valence-corrected chi connectivity index (χ3v) is 4.14. The summed E-state index contributed by atoms with van der Waals surface area (Å²) in [4.78, 5) is 0. The van der Waals surface area contributed by atoms with Crippen molar-refractivity contribution in [2.24, 2.45) is 0 Å². The Morgan fingerprint density at radius 3 is 3.19 bits per heavy atom. The smallest absolute Gasteiger partial charge is 0.170 e. The van der Waals surface area contributed by atoms with Crippen LogP contribution in [-0.4, -0.2) is 17.4 Å². The molecule has 0 saturated heterocycles. The Bertz CT molecular complexity index is 550. The molecule has 0 radical (unpaired) electrons. The van der Waals surface area contributed by atoms with Gasteiger partial charge in [-0.05, 0) is 36.5 Å². The van der Waals surface area contributed by atoms with Crippen LogP contribution >= 0.6 is 35.6 Å². The molecule has 0 spiro atoms. The number of rotatable bonds is 6. The fourth-order valence-electron chi connectivity index (χ4n) is 1.69. The zero-order valence-electron chi connectivity index (χ0n) is 11.5. The molecule has 0 aromatic carbocycles. The molecule has 0 unspecified atom stereocenters. The molecule has 1 aliphatic carbocycles. The van der Waals surface area contributed by atoms with Gasteiger partial charge in [0.1, 0.15) is 5.76 Å². The minimum absolute atomic E-state index is 0.607. The van der Waals surface area contributed by atoms with Crippen LogP contribution in [0.2, 0.25) is 0 Å². The van der Waals surface area contributed by atoms with Crippen LogP contribution in [0.1, 0.15) is 12.2 Å². The number of hydrogen-bond donors (Lipinski definition) is 2. The van der Waals surface area contributed by atoms with Gasteiger partial charge >= 0.3 is 0 Å². The van der Waals surface area contributed by atoms with Gasteiger partial charge in [0.05, 0.1) is 12.0 Å². The minimum atomic E-state index is 0.607. The zero-order valence-corrected chi connectivity index (χ0v) is 13.9. The highest BCUT2D eigenvalue weighted by molar-refractivity contribution is 7.98. The van der Waals surface area contributed by atoms with E-state index in [-0.39, 0.29) is 0 Å². The van der Waals surface area contributed by atoms with E-state index >= 15 is 0 Å². The summed E-state index contributed by atoms with van der Waals surface area (Å²) < 4.78 is 5.27. The Morgan fingerprint density at radius 2 is 2.38 bits per heavy atom. The SMILES string of the molecule is S=C(NCCSCc1ccco1)NC1=CC=CCC(Cl)=C1. The average molecular weight is 341 g/mol. The quantitative estimate of drug-likeness (QED) is 0.606. The predicted molar refractivity (Wildman–Crippen MR) is 94.4 cm³/mol. The summed E-state index contributed by atoms with van der Waals surface area (Å²) in [7, 11) is 0. The molecule has 3 nitrogen and oxygen atoms in total. The molecule has 112 valence electrons. The summed E-state index contributed by atoms with van der Waals surface area (Å²) in [5, 5.41) is 7.71. The monoisotopic (exact) mass is 340 g/mol. The van der Waals surface area contributed by atoms with Gasteiger partial charge in [-0.2, -0.15) is 11.8 Å². The second-order valence-corrected chi connectivity index (χ2v) is 6.36. The number of hydrogen-bond acceptors (Lipinski definition) is 3. The van der Waals surface area contributed by atoms with Crippen LogP contribution in [0.3, 0.4) is 0 Å². The zero-order chi connectivity index (χ0) is 14.9. The highest BCUT2D eigenvalue weighted by Gasteiger charge is 2.02. The number of allylic oxidation sites excluding steroid dienone is 5. The molecule has 1 heterocycles. The standard InChI is InChI=1S/C15H17ClN2OS2/c16-12-4-1-2-5-13(10-12)18-15(20)17-7-9-21-11-14-6-3-8-19-14/h1-3,5-6,8,10H,4,7,9,11H2,(H2,17,18,20). The summed E-state index contributed by atoms with van der Waals surface area (Å²) in [5.74, 6) is 2.83. The van der Waals surface area contributed by atoms with Crippen molar-refractivity contribution in [3.8, 4) is 0 Å². The van der Waals surface area contributed by atoms with Crippen molar-refractivity contribution < 1.29 is 4.42 Å². The predicted octanol–water partition coefficient (Wildman–Crippen LogP) is 3.94. The lowest BCUT2D eigenvalue weighted by molar-refractivity contribution is 0.530. The molecular formula is C15H17ClN2OS2. The average Bonchev–Trinajstić information content (AvgIpc) is 2.88. The summed E-state index contributed by atoms with van der Waals surface area (Å²) in [6.45, 7) is 0.803. The second-order valence-electron chi connectivity index (χ2n) is 4.36. The highest BCUT2D eigenvalue weighted by atomic mass is 35.5. The molecular weight excluding hydrogens is 324 g/mol. The maximum Gasteiger partial charge on any atom is 0.170 e. The lowest BCUT2D eigenvalue weighted by atomic mass is 10.3. The number of nitrogens with one attached hydrogen (secondary N) is 2. The van der Waals surface area contributed by atoms with Crippen molar-refractivity contribution >= 4 is 40.7 Å². The summed E-state index contributed by atoms with van der Waals surface area (Å²) in [5.41, 5.74) is 0.898. The van der Waals surface area contributed by atoms with Gasteiger partial charge in [-0.3, -0.25) is 0 Å². The number of thiocarbonyl (C=S) groups is 1. The Labute approximate surface area is 139 Å². The number of halogens is 1. The van der Waals surface area contributed by atoms with Crippen molar-refractivity contribution in [1.29, 1.82) is 0 Å². The molecule has 21 heavy (non-hydrogen) atoms. The molecule has 1 aliphatic rings. The fourth-order valence-corrected chi connectivity index (χ4v) is 2.87. The van der Waals surface area contributed by atoms with Crippen molar-refractivity contribution in [1.82, 2.24) is 10.6 Å². The molecule has 1 aromatic heterocycles. The Kier molecular flexibility index (Phi) is 6.92. The maximum atomic E-state index is 6.05. The fraction of sp³-hybridized carbons (Fsp3) is 0.267. The minimum Gasteiger partial charge on any atom is -0.468 e. The van der Waals surface area contributed by atoms with Crippen LogP contribution in [-0.2, 0) is 5.75 Å². The maximum absolute atomic E-state index is 6.05. The van der Waals surface area contributed by atoms with E-state index in [4.69, 9.17) is 28.2 Å². The molecule has 0 saturated carbocycles. The van der Waals surface area contributed by atoms with Crippen molar-refractivity contribution in [2.75, 3.05) is 12.3 Å². The number of furan rings is 1. The second kappa shape index (κ2) is 8.97. The largest absolute Gasteiger partial charge is 0.468 e. The van der Waals surface area contributed by atoms with E-state index in [0.29, 0.717) is 5.11 Å². The van der Waals surface area contributed by atoms with Crippen LogP contribution in [0.4, 0.5) is 0 Å². The molecule has 0 fully saturated rings. The summed E-state index contributed by atoms with van der Waals surface area (Å²) in [6.07, 6.45) is 10.3. The van der Waals surface area contributed by atoms with Crippen LogP contribution in [0, 0.1) is 0 Å². The lowest BCUT2D eigenvalue weighted by Gasteiger charge is -2.10. The summed E-state index contributed by atoms with van der Waals surface area (Å²) in [6, 6.07) is 3.88. The van der Waals surface area contributed by atoms with Gasteiger partial charge in [0.15, 0.2) is 5.11 Å². The van der Waals surface area contributed by atoms with Crippen LogP contribution in [0.25, 0.3) is 0 Å². The van der Waals surface area contributed by atoms with Crippen molar-refractivity contribution in [2.45, 2.75) is 12.2 Å². The Morgan fingerprint density at radius 1 is 1.48 bits per heavy atom. The van der Waals surface area contributed by atoms with Gasteiger partial charge in [0.2, 0.25) is 0 Å². The van der Waals surface area contributed by atoms with Crippen molar-refractivity contribution in [3.05, 3.63) is 59.2 Å². The molecule has 0 bridgehead atoms. The van der Waals surface area contributed by atoms with Crippen LogP contribution in [0.15, 0.2) is 57.8 Å². The van der Waals surface area contributed by atoms with E-state index in [1.54, 1.807) is 18.0 Å². The topological polar surface area (TPSA) is 37.2 Å². The van der Waals surface area contributed by atoms with Gasteiger partial charge in [-0.15, -0.1) is 0 Å². The molecule has 6 heteroatoms. The van der Waals surface area contributed by atoms with Gasteiger partial charge in [0.25, 0.3) is 0 Å². The van der Waals surface area contributed by atoms with Gasteiger partial charge in [-0.1, -0.05) is 23.8 Å². The third-order valence-electron chi connectivity index (χ3n) is 2.65. The van der Waals surface area contributed by atoms with E-state index in [9.17, 15) is 0 Å². The molecule has 0 atom stereocenters. The first-order valence-corrected chi connectivity index (χ1v) is 8.56. The third kappa shape index (κ3) is 6.42. The molecule has 0 amide bonds. The van der Waals surface area contributed by atoms with Gasteiger partial charge in [-0.25, -0.2) is 0 Å². The van der Waals surface area contributed by atoms with E-state index in [1.165, 1.54) is 0 Å². The molecule has 2 N–H and O–H groups in total.